The van der Waals surface area contributed by atoms with E-state index in [0.717, 1.165) is 0 Å². The first-order valence-corrected chi connectivity index (χ1v) is 2.37. The Morgan fingerprint density at radius 2 is 2.00 bits per heavy atom. The van der Waals surface area contributed by atoms with E-state index >= 15 is 0 Å². The second-order valence-electron chi connectivity index (χ2n) is 0.678. The van der Waals surface area contributed by atoms with Crippen LogP contribution in [0.1, 0.15) is 0 Å². The molecule has 0 rings (SSSR count). The fraction of sp³-hybridized carbons (Fsp3) is 1.00. The van der Waals surface area contributed by atoms with Gasteiger partial charge in [0.05, 0.1) is 0 Å². The van der Waals surface area contributed by atoms with Gasteiger partial charge in [0.2, 0.25) is 0 Å². The fourth-order valence-electron chi connectivity index (χ4n) is 0. The molecule has 0 fully saturated rings. The lowest BCUT2D eigenvalue weighted by Crippen LogP contribution is -2.09. The largest absolute Gasteiger partial charge is 0.361 e. The molecule has 24 valence electrons. The van der Waals surface area contributed by atoms with Crippen LogP contribution in [0.2, 0.25) is 6.82 Å². The Labute approximate surface area is 39.9 Å². The molecule has 0 aliphatic heterocycles. The van der Waals surface area contributed by atoms with Crippen molar-refractivity contribution in [2.75, 3.05) is 0 Å². The SMILES string of the molecule is CB(N)I. The second kappa shape index (κ2) is 2.02. The summed E-state index contributed by atoms with van der Waals surface area (Å²) < 4.78 is 0.303. The third-order valence-corrected chi connectivity index (χ3v) is 0. The zero-order chi connectivity index (χ0) is 3.58. The predicted molar refractivity (Wildman–Crippen MR) is 29.8 cm³/mol. The Morgan fingerprint density at radius 1 is 2.00 bits per heavy atom. The van der Waals surface area contributed by atoms with E-state index in [0.29, 0.717) is 4.70 Å². The quantitative estimate of drug-likeness (QED) is 0.414. The van der Waals surface area contributed by atoms with Crippen LogP contribution in [0.3, 0.4) is 0 Å². The summed E-state index contributed by atoms with van der Waals surface area (Å²) in [6, 6.07) is 0. The zero-order valence-corrected chi connectivity index (χ0v) is 4.69. The van der Waals surface area contributed by atoms with Gasteiger partial charge in [-0.05, 0) is 0 Å². The summed E-state index contributed by atoms with van der Waals surface area (Å²) in [5.41, 5.74) is 5.10. The summed E-state index contributed by atoms with van der Waals surface area (Å²) in [5, 5.41) is 0. The van der Waals surface area contributed by atoms with Crippen molar-refractivity contribution in [3.05, 3.63) is 0 Å². The van der Waals surface area contributed by atoms with Gasteiger partial charge in [-0.25, -0.2) is 0 Å². The fourth-order valence-corrected chi connectivity index (χ4v) is 0. The van der Waals surface area contributed by atoms with Crippen molar-refractivity contribution in [3.8, 4) is 0 Å². The van der Waals surface area contributed by atoms with Crippen molar-refractivity contribution in [1.29, 1.82) is 0 Å². The summed E-state index contributed by atoms with van der Waals surface area (Å²) >= 11 is 2.12. The van der Waals surface area contributed by atoms with E-state index in [9.17, 15) is 0 Å². The van der Waals surface area contributed by atoms with E-state index in [-0.39, 0.29) is 0 Å². The van der Waals surface area contributed by atoms with E-state index in [4.69, 9.17) is 5.64 Å². The van der Waals surface area contributed by atoms with Crippen molar-refractivity contribution in [3.63, 3.8) is 0 Å². The smallest absolute Gasteiger partial charge is 0.289 e. The second-order valence-corrected chi connectivity index (χ2v) is 2.64. The molecule has 0 aliphatic rings. The summed E-state index contributed by atoms with van der Waals surface area (Å²) in [7, 11) is 0. The minimum atomic E-state index is 0.303. The van der Waals surface area contributed by atoms with Gasteiger partial charge in [-0.3, -0.25) is 0 Å². The number of nitrogens with two attached hydrogens (primary N) is 1. The van der Waals surface area contributed by atoms with Gasteiger partial charge in [0.25, 0.3) is 4.70 Å². The van der Waals surface area contributed by atoms with Crippen molar-refractivity contribution in [2.45, 2.75) is 6.82 Å². The number of hydrogen-bond donors (Lipinski definition) is 1. The third-order valence-electron chi connectivity index (χ3n) is 0. The molecule has 0 aromatic rings. The molecule has 0 atom stereocenters. The van der Waals surface area contributed by atoms with Gasteiger partial charge in [-0.2, -0.15) is 0 Å². The van der Waals surface area contributed by atoms with Crippen LogP contribution in [0.15, 0.2) is 0 Å². The van der Waals surface area contributed by atoms with Crippen LogP contribution < -0.4 is 5.64 Å². The Hall–Kier alpha value is 0.755. The highest BCUT2D eigenvalue weighted by molar-refractivity contribution is 14.1. The standard InChI is InChI=1S/CH5BIN/c1-2(3)4/h4H2,1H3. The van der Waals surface area contributed by atoms with Gasteiger partial charge in [-0.15, -0.1) is 22.4 Å². The Kier molecular flexibility index (Phi) is 2.40. The van der Waals surface area contributed by atoms with Crippen LogP contribution in [-0.4, -0.2) is 4.70 Å². The molecule has 0 amide bonds. The molecule has 1 nitrogen and oxygen atoms in total. The molecule has 0 aromatic heterocycles. The third kappa shape index (κ3) is 14.9. The van der Waals surface area contributed by atoms with Crippen LogP contribution in [0.4, 0.5) is 0 Å². The van der Waals surface area contributed by atoms with Crippen LogP contribution in [-0.2, 0) is 0 Å². The topological polar surface area (TPSA) is 26.0 Å². The molecule has 2 N–H and O–H groups in total. The van der Waals surface area contributed by atoms with Gasteiger partial charge in [-0.1, -0.05) is 6.82 Å². The van der Waals surface area contributed by atoms with Crippen molar-refractivity contribution in [2.24, 2.45) is 5.64 Å². The van der Waals surface area contributed by atoms with Crippen LogP contribution in [0.25, 0.3) is 0 Å². The van der Waals surface area contributed by atoms with Gasteiger partial charge < -0.3 is 5.64 Å². The first-order chi connectivity index (χ1) is 1.73. The van der Waals surface area contributed by atoms with Crippen molar-refractivity contribution >= 4 is 27.1 Å². The van der Waals surface area contributed by atoms with Crippen molar-refractivity contribution in [1.82, 2.24) is 0 Å². The first-order valence-electron chi connectivity index (χ1n) is 1.13. The molecule has 4 heavy (non-hydrogen) atoms. The van der Waals surface area contributed by atoms with Crippen molar-refractivity contribution < 1.29 is 0 Å². The molecular formula is CH5BIN. The van der Waals surface area contributed by atoms with E-state index in [1.165, 1.54) is 0 Å². The zero-order valence-electron chi connectivity index (χ0n) is 2.53. The Balaban J connectivity index is 2.32. The molecule has 0 radical (unpaired) electrons. The predicted octanol–water partition coefficient (Wildman–Crippen LogP) is 0.498. The molecule has 0 saturated carbocycles. The molecule has 0 aliphatic carbocycles. The van der Waals surface area contributed by atoms with Gasteiger partial charge >= 0.3 is 0 Å². The number of rotatable bonds is 0. The van der Waals surface area contributed by atoms with E-state index in [1.807, 2.05) is 6.82 Å². The molecule has 0 spiro atoms. The monoisotopic (exact) mass is 169 g/mol. The highest BCUT2D eigenvalue weighted by Crippen LogP contribution is 1.76. The van der Waals surface area contributed by atoms with Crippen LogP contribution in [0, 0.1) is 0 Å². The Bertz CT molecular complexity index is 12.8. The van der Waals surface area contributed by atoms with E-state index < -0.39 is 0 Å². The molecule has 0 aromatic carbocycles. The lowest BCUT2D eigenvalue weighted by Gasteiger charge is -1.70. The lowest BCUT2D eigenvalue weighted by atomic mass is 10.0. The molecule has 0 unspecified atom stereocenters. The lowest BCUT2D eigenvalue weighted by molar-refractivity contribution is 1.87. The minimum absolute atomic E-state index is 0.303. The van der Waals surface area contributed by atoms with Gasteiger partial charge in [0.1, 0.15) is 0 Å². The maximum absolute atomic E-state index is 5.10. The summed E-state index contributed by atoms with van der Waals surface area (Å²) in [4.78, 5) is 0. The molecular weight excluding hydrogens is 164 g/mol. The highest BCUT2D eigenvalue weighted by atomic mass is 127. The molecule has 0 saturated heterocycles. The molecule has 0 heterocycles. The number of hydrogen-bond acceptors (Lipinski definition) is 1. The average molecular weight is 169 g/mol. The van der Waals surface area contributed by atoms with Gasteiger partial charge in [0, 0.05) is 0 Å². The van der Waals surface area contributed by atoms with E-state index in [2.05, 4.69) is 22.4 Å². The number of halogens is 1. The maximum Gasteiger partial charge on any atom is 0.289 e. The summed E-state index contributed by atoms with van der Waals surface area (Å²) in [6.45, 7) is 1.93. The minimum Gasteiger partial charge on any atom is -0.361 e. The maximum atomic E-state index is 5.10. The Morgan fingerprint density at radius 3 is 2.00 bits per heavy atom. The normalized spacial score (nSPS) is 6.75. The first kappa shape index (κ1) is 4.75. The highest BCUT2D eigenvalue weighted by Gasteiger charge is 1.81. The van der Waals surface area contributed by atoms with Crippen LogP contribution >= 0.6 is 22.4 Å². The molecule has 0 bridgehead atoms. The van der Waals surface area contributed by atoms with Crippen LogP contribution in [0.5, 0.6) is 0 Å². The summed E-state index contributed by atoms with van der Waals surface area (Å²) in [6.07, 6.45) is 0. The van der Waals surface area contributed by atoms with E-state index in [1.54, 1.807) is 0 Å². The average Bonchev–Trinajstić information content (AvgIpc) is 0.811. The summed E-state index contributed by atoms with van der Waals surface area (Å²) in [5.74, 6) is 0. The molecule has 3 heteroatoms. The van der Waals surface area contributed by atoms with Gasteiger partial charge in [0.15, 0.2) is 0 Å².